The van der Waals surface area contributed by atoms with Gasteiger partial charge in [-0.15, -0.1) is 0 Å². The number of fused-ring (bicyclic) bond motifs is 1. The van der Waals surface area contributed by atoms with Crippen molar-refractivity contribution in [1.29, 1.82) is 0 Å². The number of hydrogen-bond acceptors (Lipinski definition) is 3. The van der Waals surface area contributed by atoms with E-state index in [-0.39, 0.29) is 0 Å². The van der Waals surface area contributed by atoms with Gasteiger partial charge < -0.3 is 9.32 Å². The van der Waals surface area contributed by atoms with E-state index in [1.54, 1.807) is 0 Å². The van der Waals surface area contributed by atoms with E-state index in [0.717, 1.165) is 49.7 Å². The van der Waals surface area contributed by atoms with E-state index in [4.69, 9.17) is 4.42 Å². The predicted molar refractivity (Wildman–Crippen MR) is 72.9 cm³/mol. The Hall–Kier alpha value is -1.84. The molecule has 100 valence electrons. The van der Waals surface area contributed by atoms with Crippen LogP contribution in [-0.4, -0.2) is 28.9 Å². The predicted octanol–water partition coefficient (Wildman–Crippen LogP) is 2.69. The second-order valence-electron chi connectivity index (χ2n) is 5.18. The van der Waals surface area contributed by atoms with Gasteiger partial charge in [0.2, 0.25) is 6.41 Å². The monoisotopic (exact) mass is 258 g/mol. The Labute approximate surface area is 112 Å². The van der Waals surface area contributed by atoms with Crippen molar-refractivity contribution < 1.29 is 9.21 Å². The van der Waals surface area contributed by atoms with Crippen LogP contribution in [0.3, 0.4) is 0 Å². The molecule has 4 heteroatoms. The molecule has 1 heterocycles. The van der Waals surface area contributed by atoms with Crippen LogP contribution in [0.15, 0.2) is 22.6 Å². The molecule has 0 unspecified atom stereocenters. The van der Waals surface area contributed by atoms with Gasteiger partial charge >= 0.3 is 0 Å². The molecule has 2 aromatic rings. The normalized spacial score (nSPS) is 14.8. The van der Waals surface area contributed by atoms with Crippen molar-refractivity contribution in [3.63, 3.8) is 0 Å². The van der Waals surface area contributed by atoms with Gasteiger partial charge in [-0.25, -0.2) is 4.98 Å². The van der Waals surface area contributed by atoms with Gasteiger partial charge in [-0.05, 0) is 37.3 Å². The molecule has 0 radical (unpaired) electrons. The number of benzene rings is 1. The van der Waals surface area contributed by atoms with E-state index in [9.17, 15) is 4.79 Å². The summed E-state index contributed by atoms with van der Waals surface area (Å²) in [6.45, 7) is 2.70. The summed E-state index contributed by atoms with van der Waals surface area (Å²) in [7, 11) is 0. The molecule has 0 spiro atoms. The molecule has 0 atom stereocenters. The van der Waals surface area contributed by atoms with Gasteiger partial charge in [0, 0.05) is 19.5 Å². The molecule has 1 aromatic carbocycles. The number of hydrogen-bond donors (Lipinski definition) is 0. The van der Waals surface area contributed by atoms with E-state index in [1.807, 2.05) is 24.0 Å². The van der Waals surface area contributed by atoms with Gasteiger partial charge in [-0.2, -0.15) is 0 Å². The van der Waals surface area contributed by atoms with Crippen molar-refractivity contribution >= 4 is 17.5 Å². The summed E-state index contributed by atoms with van der Waals surface area (Å²) >= 11 is 0. The fraction of sp³-hybridized carbons (Fsp3) is 0.467. The lowest BCUT2D eigenvalue weighted by atomic mass is 10.1. The molecular weight excluding hydrogens is 240 g/mol. The lowest BCUT2D eigenvalue weighted by Gasteiger charge is -2.15. The lowest BCUT2D eigenvalue weighted by Crippen LogP contribution is -2.25. The molecule has 0 N–H and O–H groups in total. The molecule has 1 aromatic heterocycles. The number of rotatable bonds is 6. The van der Waals surface area contributed by atoms with Crippen LogP contribution in [0, 0.1) is 6.92 Å². The van der Waals surface area contributed by atoms with Crippen LogP contribution in [0.5, 0.6) is 0 Å². The third-order valence-electron chi connectivity index (χ3n) is 3.62. The van der Waals surface area contributed by atoms with Crippen molar-refractivity contribution in [3.05, 3.63) is 29.7 Å². The van der Waals surface area contributed by atoms with E-state index in [0.29, 0.717) is 11.9 Å². The Kier molecular flexibility index (Phi) is 3.23. The Morgan fingerprint density at radius 2 is 2.32 bits per heavy atom. The van der Waals surface area contributed by atoms with Crippen molar-refractivity contribution in [2.75, 3.05) is 6.54 Å². The minimum absolute atomic E-state index is 0.501. The zero-order valence-electron chi connectivity index (χ0n) is 11.1. The Morgan fingerprint density at radius 3 is 3.05 bits per heavy atom. The molecule has 0 aliphatic heterocycles. The highest BCUT2D eigenvalue weighted by Crippen LogP contribution is 2.26. The summed E-state index contributed by atoms with van der Waals surface area (Å²) in [5.74, 6) is 0.704. The number of oxazole rings is 1. The molecule has 1 saturated carbocycles. The quantitative estimate of drug-likeness (QED) is 0.748. The second-order valence-corrected chi connectivity index (χ2v) is 5.18. The van der Waals surface area contributed by atoms with Gasteiger partial charge in [-0.1, -0.05) is 12.1 Å². The van der Waals surface area contributed by atoms with Gasteiger partial charge in [0.05, 0.1) is 0 Å². The SMILES string of the molecule is Cc1nc2cccc(CCCN(C=O)C3CC3)c2o1. The number of amides is 1. The fourth-order valence-corrected chi connectivity index (χ4v) is 2.49. The van der Waals surface area contributed by atoms with Crippen molar-refractivity contribution in [2.24, 2.45) is 0 Å². The number of carbonyl (C=O) groups is 1. The molecular formula is C15H18N2O2. The summed E-state index contributed by atoms with van der Waals surface area (Å²) in [4.78, 5) is 17.2. The van der Waals surface area contributed by atoms with Gasteiger partial charge in [0.1, 0.15) is 5.52 Å². The van der Waals surface area contributed by atoms with Gasteiger partial charge in [-0.3, -0.25) is 4.79 Å². The topological polar surface area (TPSA) is 46.3 Å². The summed E-state index contributed by atoms with van der Waals surface area (Å²) in [6.07, 6.45) is 5.19. The van der Waals surface area contributed by atoms with Crippen LogP contribution in [-0.2, 0) is 11.2 Å². The van der Waals surface area contributed by atoms with E-state index >= 15 is 0 Å². The Bertz CT molecular complexity index is 587. The first-order chi connectivity index (χ1) is 9.28. The average Bonchev–Trinajstić information content (AvgIpc) is 3.16. The minimum Gasteiger partial charge on any atom is -0.441 e. The fourth-order valence-electron chi connectivity index (χ4n) is 2.49. The maximum Gasteiger partial charge on any atom is 0.209 e. The standard InChI is InChI=1S/C15H18N2O2/c1-11-16-14-6-2-4-12(15(14)19-11)5-3-9-17(10-18)13-7-8-13/h2,4,6,10,13H,3,5,7-9H2,1H3. The summed E-state index contributed by atoms with van der Waals surface area (Å²) in [5.41, 5.74) is 2.99. The van der Waals surface area contributed by atoms with Gasteiger partial charge in [0.15, 0.2) is 11.5 Å². The van der Waals surface area contributed by atoms with Crippen molar-refractivity contribution in [3.8, 4) is 0 Å². The van der Waals surface area contributed by atoms with Gasteiger partial charge in [0.25, 0.3) is 0 Å². The number of aryl methyl sites for hydroxylation is 2. The van der Waals surface area contributed by atoms with Crippen LogP contribution >= 0.6 is 0 Å². The highest BCUT2D eigenvalue weighted by molar-refractivity contribution is 5.76. The first kappa shape index (κ1) is 12.2. The molecule has 1 aliphatic rings. The summed E-state index contributed by atoms with van der Waals surface area (Å²) in [5, 5.41) is 0. The first-order valence-corrected chi connectivity index (χ1v) is 6.84. The maximum absolute atomic E-state index is 10.9. The molecule has 3 rings (SSSR count). The lowest BCUT2D eigenvalue weighted by molar-refractivity contribution is -0.118. The summed E-state index contributed by atoms with van der Waals surface area (Å²) < 4.78 is 5.65. The molecule has 19 heavy (non-hydrogen) atoms. The summed E-state index contributed by atoms with van der Waals surface area (Å²) in [6, 6.07) is 6.56. The number of nitrogens with zero attached hydrogens (tertiary/aromatic N) is 2. The highest BCUT2D eigenvalue weighted by Gasteiger charge is 2.27. The van der Waals surface area contributed by atoms with Crippen LogP contribution < -0.4 is 0 Å². The smallest absolute Gasteiger partial charge is 0.209 e. The zero-order valence-corrected chi connectivity index (χ0v) is 11.1. The van der Waals surface area contributed by atoms with Crippen LogP contribution in [0.2, 0.25) is 0 Å². The number of aromatic nitrogens is 1. The minimum atomic E-state index is 0.501. The highest BCUT2D eigenvalue weighted by atomic mass is 16.3. The number of carbonyl (C=O) groups excluding carboxylic acids is 1. The van der Waals surface area contributed by atoms with Crippen LogP contribution in [0.1, 0.15) is 30.7 Å². The van der Waals surface area contributed by atoms with E-state index < -0.39 is 0 Å². The molecule has 0 bridgehead atoms. The second kappa shape index (κ2) is 5.03. The van der Waals surface area contributed by atoms with Crippen LogP contribution in [0.25, 0.3) is 11.1 Å². The first-order valence-electron chi connectivity index (χ1n) is 6.84. The van der Waals surface area contributed by atoms with E-state index in [1.165, 1.54) is 5.56 Å². The maximum atomic E-state index is 10.9. The average molecular weight is 258 g/mol. The third kappa shape index (κ3) is 2.62. The largest absolute Gasteiger partial charge is 0.441 e. The molecule has 0 saturated heterocycles. The number of para-hydroxylation sites is 1. The molecule has 1 amide bonds. The molecule has 1 aliphatic carbocycles. The molecule has 4 nitrogen and oxygen atoms in total. The zero-order chi connectivity index (χ0) is 13.2. The van der Waals surface area contributed by atoms with E-state index in [2.05, 4.69) is 11.1 Å². The third-order valence-corrected chi connectivity index (χ3v) is 3.62. The molecule has 1 fully saturated rings. The Morgan fingerprint density at radius 1 is 1.47 bits per heavy atom. The Balaban J connectivity index is 1.66. The van der Waals surface area contributed by atoms with Crippen LogP contribution in [0.4, 0.5) is 0 Å². The van der Waals surface area contributed by atoms with Crippen molar-refractivity contribution in [1.82, 2.24) is 9.88 Å². The van der Waals surface area contributed by atoms with Crippen molar-refractivity contribution in [2.45, 2.75) is 38.6 Å².